The Morgan fingerprint density at radius 1 is 1.19 bits per heavy atom. The number of rotatable bonds is 9. The molecule has 0 aromatic heterocycles. The lowest BCUT2D eigenvalue weighted by Gasteiger charge is -2.36. The molecule has 0 saturated heterocycles. The first-order valence-corrected chi connectivity index (χ1v) is 11.9. The third-order valence-corrected chi connectivity index (χ3v) is 6.26. The minimum atomic E-state index is -0.748. The summed E-state index contributed by atoms with van der Waals surface area (Å²) < 4.78 is 20.3. The minimum Gasteiger partial charge on any atom is -0.463 e. The van der Waals surface area contributed by atoms with E-state index in [1.807, 2.05) is 29.1 Å². The van der Waals surface area contributed by atoms with E-state index >= 15 is 0 Å². The van der Waals surface area contributed by atoms with Gasteiger partial charge in [-0.2, -0.15) is 0 Å². The summed E-state index contributed by atoms with van der Waals surface area (Å²) in [7, 11) is 0. The van der Waals surface area contributed by atoms with Gasteiger partial charge in [0.05, 0.1) is 30.3 Å². The van der Waals surface area contributed by atoms with Gasteiger partial charge in [0.25, 0.3) is 0 Å². The van der Waals surface area contributed by atoms with Gasteiger partial charge in [0.15, 0.2) is 5.17 Å². The van der Waals surface area contributed by atoms with Crippen LogP contribution in [0.1, 0.15) is 58.6 Å². The van der Waals surface area contributed by atoms with Crippen molar-refractivity contribution in [3.8, 4) is 0 Å². The number of fused-ring (bicyclic) bond motifs is 1. The van der Waals surface area contributed by atoms with Gasteiger partial charge in [-0.3, -0.25) is 4.79 Å². The number of thioether (sulfide) groups is 1. The van der Waals surface area contributed by atoms with E-state index in [4.69, 9.17) is 4.74 Å². The van der Waals surface area contributed by atoms with Gasteiger partial charge in [-0.1, -0.05) is 43.8 Å². The van der Waals surface area contributed by atoms with Crippen LogP contribution in [0.5, 0.6) is 0 Å². The largest absolute Gasteiger partial charge is 0.463 e. The first-order valence-electron chi connectivity index (χ1n) is 11.1. The van der Waals surface area contributed by atoms with Crippen LogP contribution in [0.15, 0.2) is 51.6 Å². The number of ether oxygens (including phenoxy) is 1. The number of hydrogen-bond acceptors (Lipinski definition) is 6. The van der Waals surface area contributed by atoms with Gasteiger partial charge in [-0.05, 0) is 38.2 Å². The van der Waals surface area contributed by atoms with Crippen LogP contribution in [0.2, 0.25) is 0 Å². The summed E-state index contributed by atoms with van der Waals surface area (Å²) in [6.07, 6.45) is 1.91. The average molecular weight is 460 g/mol. The maximum absolute atomic E-state index is 15.0. The van der Waals surface area contributed by atoms with Crippen molar-refractivity contribution in [3.05, 3.63) is 58.0 Å². The SMILES string of the molecule is CCCN(CCC)C(=O)CC1=CSC2=NC(C)=C(C(=O)OCC)[C@H](c3ccccc3F)N12. The Labute approximate surface area is 193 Å². The maximum atomic E-state index is 15.0. The average Bonchev–Trinajstić information content (AvgIpc) is 3.15. The third kappa shape index (κ3) is 4.90. The minimum absolute atomic E-state index is 0.0121. The number of hydrogen-bond donors (Lipinski definition) is 0. The van der Waals surface area contributed by atoms with E-state index in [0.29, 0.717) is 40.8 Å². The molecule has 8 heteroatoms. The van der Waals surface area contributed by atoms with E-state index in [-0.39, 0.29) is 18.9 Å². The van der Waals surface area contributed by atoms with Crippen LogP contribution in [0.4, 0.5) is 4.39 Å². The standard InChI is InChI=1S/C24H30FN3O3S/c1-5-12-27(13-6-2)20(29)14-17-15-32-24-26-16(4)21(23(30)31-7-3)22(28(17)24)18-10-8-9-11-19(18)25/h8-11,15,22H,5-7,12-14H2,1-4H3/t22-/m0/s1. The van der Waals surface area contributed by atoms with Crippen LogP contribution >= 0.6 is 11.8 Å². The Bertz CT molecular complexity index is 967. The summed E-state index contributed by atoms with van der Waals surface area (Å²) in [5, 5.41) is 2.51. The third-order valence-electron chi connectivity index (χ3n) is 5.37. The molecule has 2 aliphatic rings. The zero-order valence-corrected chi connectivity index (χ0v) is 19.9. The van der Waals surface area contributed by atoms with Crippen LogP contribution in [0.25, 0.3) is 0 Å². The van der Waals surface area contributed by atoms with Crippen LogP contribution in [-0.2, 0) is 14.3 Å². The molecule has 1 amide bonds. The van der Waals surface area contributed by atoms with Gasteiger partial charge >= 0.3 is 5.97 Å². The number of amides is 1. The first-order chi connectivity index (χ1) is 15.4. The van der Waals surface area contributed by atoms with Crippen molar-refractivity contribution < 1.29 is 18.7 Å². The fraction of sp³-hybridized carbons (Fsp3) is 0.458. The Morgan fingerprint density at radius 3 is 2.50 bits per heavy atom. The molecule has 0 spiro atoms. The van der Waals surface area contributed by atoms with Crippen molar-refractivity contribution in [2.75, 3.05) is 19.7 Å². The van der Waals surface area contributed by atoms with Crippen LogP contribution in [-0.4, -0.2) is 46.5 Å². The molecule has 2 heterocycles. The van der Waals surface area contributed by atoms with Gasteiger partial charge in [0, 0.05) is 24.4 Å². The monoisotopic (exact) mass is 459 g/mol. The number of aliphatic imine (C=N–C) groups is 1. The number of benzene rings is 1. The molecule has 0 unspecified atom stereocenters. The molecule has 0 saturated carbocycles. The fourth-order valence-electron chi connectivity index (χ4n) is 4.00. The summed E-state index contributed by atoms with van der Waals surface area (Å²) in [5.41, 5.74) is 1.84. The molecule has 1 aromatic carbocycles. The lowest BCUT2D eigenvalue weighted by atomic mass is 9.93. The topological polar surface area (TPSA) is 62.2 Å². The Morgan fingerprint density at radius 2 is 1.88 bits per heavy atom. The highest BCUT2D eigenvalue weighted by molar-refractivity contribution is 8.16. The quantitative estimate of drug-likeness (QED) is 0.486. The fourth-order valence-corrected chi connectivity index (χ4v) is 4.96. The molecule has 0 bridgehead atoms. The molecule has 0 N–H and O–H groups in total. The highest BCUT2D eigenvalue weighted by Gasteiger charge is 2.42. The molecule has 3 rings (SSSR count). The number of carbonyl (C=O) groups is 2. The second kappa shape index (κ2) is 10.8. The number of allylic oxidation sites excluding steroid dienone is 1. The summed E-state index contributed by atoms with van der Waals surface area (Å²) in [4.78, 5) is 34.2. The molecule has 0 aliphatic carbocycles. The number of amidine groups is 1. The molecule has 0 radical (unpaired) electrons. The van der Waals surface area contributed by atoms with Gasteiger partial charge in [-0.15, -0.1) is 0 Å². The summed E-state index contributed by atoms with van der Waals surface area (Å²) in [6, 6.07) is 5.65. The number of nitrogens with zero attached hydrogens (tertiary/aromatic N) is 3. The van der Waals surface area contributed by atoms with Gasteiger partial charge in [0.2, 0.25) is 5.91 Å². The van der Waals surface area contributed by atoms with Gasteiger partial charge in [0.1, 0.15) is 5.82 Å². The zero-order valence-electron chi connectivity index (χ0n) is 19.1. The number of carbonyl (C=O) groups excluding carboxylic acids is 2. The second-order valence-corrected chi connectivity index (χ2v) is 8.53. The summed E-state index contributed by atoms with van der Waals surface area (Å²) in [5.74, 6) is -0.935. The van der Waals surface area contributed by atoms with Crippen LogP contribution < -0.4 is 0 Å². The van der Waals surface area contributed by atoms with Crippen molar-refractivity contribution in [1.29, 1.82) is 0 Å². The predicted octanol–water partition coefficient (Wildman–Crippen LogP) is 5.00. The normalized spacial score (nSPS) is 17.7. The molecule has 32 heavy (non-hydrogen) atoms. The van der Waals surface area contributed by atoms with Gasteiger partial charge < -0.3 is 14.5 Å². The smallest absolute Gasteiger partial charge is 0.338 e. The first kappa shape index (κ1) is 24.0. The number of esters is 1. The van der Waals surface area contributed by atoms with Crippen molar-refractivity contribution in [3.63, 3.8) is 0 Å². The molecular formula is C24H30FN3O3S. The van der Waals surface area contributed by atoms with Crippen LogP contribution in [0.3, 0.4) is 0 Å². The maximum Gasteiger partial charge on any atom is 0.338 e. The van der Waals surface area contributed by atoms with Crippen molar-refractivity contribution >= 4 is 28.8 Å². The second-order valence-electron chi connectivity index (χ2n) is 7.69. The molecule has 1 aromatic rings. The van der Waals surface area contributed by atoms with Crippen molar-refractivity contribution in [2.45, 2.75) is 53.0 Å². The van der Waals surface area contributed by atoms with Gasteiger partial charge in [-0.25, -0.2) is 14.2 Å². The number of halogens is 1. The van der Waals surface area contributed by atoms with Crippen LogP contribution in [0, 0.1) is 5.82 Å². The Kier molecular flexibility index (Phi) is 8.12. The lowest BCUT2D eigenvalue weighted by Crippen LogP contribution is -2.39. The van der Waals surface area contributed by atoms with E-state index < -0.39 is 17.8 Å². The highest BCUT2D eigenvalue weighted by atomic mass is 32.2. The molecule has 1 atom stereocenters. The predicted molar refractivity (Wildman–Crippen MR) is 125 cm³/mol. The summed E-state index contributed by atoms with van der Waals surface area (Å²) in [6.45, 7) is 9.14. The highest BCUT2D eigenvalue weighted by Crippen LogP contribution is 2.45. The van der Waals surface area contributed by atoms with E-state index in [2.05, 4.69) is 4.99 Å². The van der Waals surface area contributed by atoms with Crippen molar-refractivity contribution in [1.82, 2.24) is 9.80 Å². The van der Waals surface area contributed by atoms with E-state index in [1.165, 1.54) is 17.8 Å². The van der Waals surface area contributed by atoms with E-state index in [0.717, 1.165) is 12.8 Å². The molecule has 0 fully saturated rings. The van der Waals surface area contributed by atoms with E-state index in [9.17, 15) is 14.0 Å². The summed E-state index contributed by atoms with van der Waals surface area (Å²) >= 11 is 1.38. The molecular weight excluding hydrogens is 429 g/mol. The molecule has 172 valence electrons. The van der Waals surface area contributed by atoms with E-state index in [1.54, 1.807) is 32.0 Å². The molecule has 2 aliphatic heterocycles. The van der Waals surface area contributed by atoms with Crippen molar-refractivity contribution in [2.24, 2.45) is 4.99 Å². The Balaban J connectivity index is 2.01. The molecule has 6 nitrogen and oxygen atoms in total. The lowest BCUT2D eigenvalue weighted by molar-refractivity contribution is -0.139. The zero-order chi connectivity index (χ0) is 23.3. The Hall–Kier alpha value is -2.61.